The van der Waals surface area contributed by atoms with Crippen LogP contribution in [0.5, 0.6) is 0 Å². The largest absolute Gasteiger partial charge is 0.394 e. The molecule has 6 unspecified atom stereocenters. The van der Waals surface area contributed by atoms with Crippen molar-refractivity contribution in [3.05, 3.63) is 58.7 Å². The number of aliphatic hydroxyl groups is 3. The molecule has 2 saturated heterocycles. The lowest BCUT2D eigenvalue weighted by molar-refractivity contribution is -0.311. The summed E-state index contributed by atoms with van der Waals surface area (Å²) in [5, 5.41) is 30.4. The van der Waals surface area contributed by atoms with Crippen molar-refractivity contribution in [2.24, 2.45) is 17.3 Å². The van der Waals surface area contributed by atoms with Gasteiger partial charge in [0.15, 0.2) is 12.6 Å². The maximum atomic E-state index is 10.8. The van der Waals surface area contributed by atoms with E-state index >= 15 is 0 Å². The van der Waals surface area contributed by atoms with Gasteiger partial charge in [-0.15, -0.1) is 0 Å². The summed E-state index contributed by atoms with van der Waals surface area (Å²) >= 11 is 0. The Labute approximate surface area is 247 Å². The number of aliphatic hydroxyl groups excluding tert-OH is 3. The first-order valence-electron chi connectivity index (χ1n) is 15.3. The third-order valence-electron chi connectivity index (χ3n) is 9.01. The predicted molar refractivity (Wildman–Crippen MR) is 162 cm³/mol. The third-order valence-corrected chi connectivity index (χ3v) is 9.01. The smallest absolute Gasteiger partial charge is 0.161 e. The van der Waals surface area contributed by atoms with Gasteiger partial charge in [0.2, 0.25) is 0 Å². The predicted octanol–water partition coefficient (Wildman–Crippen LogP) is 5.77. The SMILES string of the molecule is CC1=C(/C=C/C(C)=C/C=C/C(C)=C/COC2CC(O)[C@H](OC3CC(C)[C@H](C)C(CO)O3)C(CO)O2)C(C)(C)CCC1. The van der Waals surface area contributed by atoms with Crippen LogP contribution < -0.4 is 0 Å². The van der Waals surface area contributed by atoms with Gasteiger partial charge in [-0.3, -0.25) is 0 Å². The maximum absolute atomic E-state index is 10.8. The monoisotopic (exact) mass is 574 g/mol. The Morgan fingerprint density at radius 3 is 2.39 bits per heavy atom. The normalized spacial score (nSPS) is 35.6. The summed E-state index contributed by atoms with van der Waals surface area (Å²) in [6.45, 7) is 15.1. The molecule has 0 aromatic carbocycles. The van der Waals surface area contributed by atoms with E-state index in [0.29, 0.717) is 18.9 Å². The highest BCUT2D eigenvalue weighted by Gasteiger charge is 2.42. The van der Waals surface area contributed by atoms with Gasteiger partial charge in [0.25, 0.3) is 0 Å². The molecule has 0 aromatic heterocycles. The van der Waals surface area contributed by atoms with Crippen LogP contribution in [-0.2, 0) is 18.9 Å². The van der Waals surface area contributed by atoms with Gasteiger partial charge in [0, 0.05) is 12.8 Å². The van der Waals surface area contributed by atoms with Crippen molar-refractivity contribution in [1.82, 2.24) is 0 Å². The molecule has 2 aliphatic heterocycles. The second-order valence-electron chi connectivity index (χ2n) is 12.9. The van der Waals surface area contributed by atoms with Gasteiger partial charge in [0.1, 0.15) is 12.2 Å². The number of ether oxygens (including phenoxy) is 4. The first-order valence-corrected chi connectivity index (χ1v) is 15.3. The molecule has 232 valence electrons. The molecule has 3 N–H and O–H groups in total. The molecule has 3 rings (SSSR count). The van der Waals surface area contributed by atoms with Crippen molar-refractivity contribution in [3.8, 4) is 0 Å². The van der Waals surface area contributed by atoms with Crippen LogP contribution in [-0.4, -0.2) is 72.1 Å². The van der Waals surface area contributed by atoms with E-state index in [1.165, 1.54) is 36.0 Å². The zero-order valence-electron chi connectivity index (χ0n) is 26.2. The summed E-state index contributed by atoms with van der Waals surface area (Å²) in [6.07, 6.45) is 13.3. The summed E-state index contributed by atoms with van der Waals surface area (Å²) in [6, 6.07) is 0. The average molecular weight is 575 g/mol. The van der Waals surface area contributed by atoms with Crippen LogP contribution >= 0.6 is 0 Å². The van der Waals surface area contributed by atoms with E-state index < -0.39 is 30.9 Å². The molecule has 41 heavy (non-hydrogen) atoms. The molecule has 7 heteroatoms. The summed E-state index contributed by atoms with van der Waals surface area (Å²) in [5.74, 6) is 0.509. The van der Waals surface area contributed by atoms with Crippen LogP contribution in [0.15, 0.2) is 58.7 Å². The van der Waals surface area contributed by atoms with Crippen LogP contribution in [0.3, 0.4) is 0 Å². The molecule has 8 atom stereocenters. The fourth-order valence-electron chi connectivity index (χ4n) is 6.06. The molecule has 3 aliphatic rings. The summed E-state index contributed by atoms with van der Waals surface area (Å²) in [5.41, 5.74) is 5.45. The van der Waals surface area contributed by atoms with Gasteiger partial charge in [-0.1, -0.05) is 80.9 Å². The second-order valence-corrected chi connectivity index (χ2v) is 12.9. The molecule has 0 aromatic rings. The van der Waals surface area contributed by atoms with E-state index in [4.69, 9.17) is 18.9 Å². The molecule has 0 saturated carbocycles. The van der Waals surface area contributed by atoms with E-state index in [-0.39, 0.29) is 37.1 Å². The number of rotatable bonds is 11. The van der Waals surface area contributed by atoms with E-state index in [1.54, 1.807) is 0 Å². The van der Waals surface area contributed by atoms with Crippen molar-refractivity contribution in [2.75, 3.05) is 19.8 Å². The van der Waals surface area contributed by atoms with Crippen LogP contribution in [0.25, 0.3) is 0 Å². The topological polar surface area (TPSA) is 97.6 Å². The molecule has 2 heterocycles. The quantitative estimate of drug-likeness (QED) is 0.270. The Morgan fingerprint density at radius 2 is 1.71 bits per heavy atom. The molecule has 1 aliphatic carbocycles. The average Bonchev–Trinajstić information content (AvgIpc) is 2.91. The lowest BCUT2D eigenvalue weighted by Gasteiger charge is -2.43. The van der Waals surface area contributed by atoms with Crippen molar-refractivity contribution < 1.29 is 34.3 Å². The Kier molecular flexibility index (Phi) is 13.0. The lowest BCUT2D eigenvalue weighted by Crippen LogP contribution is -2.54. The molecule has 7 nitrogen and oxygen atoms in total. The van der Waals surface area contributed by atoms with Gasteiger partial charge in [-0.25, -0.2) is 0 Å². The highest BCUT2D eigenvalue weighted by Crippen LogP contribution is 2.41. The fraction of sp³-hybridized carbons (Fsp3) is 0.706. The Morgan fingerprint density at radius 1 is 1.00 bits per heavy atom. The minimum Gasteiger partial charge on any atom is -0.394 e. The maximum Gasteiger partial charge on any atom is 0.161 e. The van der Waals surface area contributed by atoms with E-state index in [0.717, 1.165) is 5.57 Å². The van der Waals surface area contributed by atoms with E-state index in [1.807, 2.05) is 25.2 Å². The molecule has 0 radical (unpaired) electrons. The van der Waals surface area contributed by atoms with Crippen LogP contribution in [0.2, 0.25) is 0 Å². The second kappa shape index (κ2) is 15.8. The Balaban J connectivity index is 1.47. The first kappa shape index (κ1) is 33.9. The van der Waals surface area contributed by atoms with Gasteiger partial charge in [0.05, 0.1) is 32.0 Å². The molecule has 2 fully saturated rings. The van der Waals surface area contributed by atoms with Gasteiger partial charge < -0.3 is 34.3 Å². The molecule has 0 bridgehead atoms. The van der Waals surface area contributed by atoms with E-state index in [2.05, 4.69) is 59.8 Å². The van der Waals surface area contributed by atoms with Gasteiger partial charge in [-0.05, 0) is 62.9 Å². The molecule has 0 amide bonds. The highest BCUT2D eigenvalue weighted by molar-refractivity contribution is 5.37. The number of hydrogen-bond donors (Lipinski definition) is 3. The van der Waals surface area contributed by atoms with Gasteiger partial charge >= 0.3 is 0 Å². The van der Waals surface area contributed by atoms with Gasteiger partial charge in [-0.2, -0.15) is 0 Å². The van der Waals surface area contributed by atoms with E-state index in [9.17, 15) is 15.3 Å². The standard InChI is InChI=1S/C34H54O7/c1-22(13-14-27-24(3)12-9-16-34(27,6)7)10-8-11-23(2)15-17-38-31-19-28(37)33(30(21-36)40-31)41-32-18-25(4)26(5)29(20-35)39-32/h8,10-11,13-15,25-26,28-33,35-37H,9,12,16-21H2,1-7H3/b11-8+,14-13+,22-10+,23-15+/t25?,26-,28?,29?,30?,31?,32?,33-/m0/s1. The molecular weight excluding hydrogens is 520 g/mol. The zero-order valence-corrected chi connectivity index (χ0v) is 26.2. The van der Waals surface area contributed by atoms with Crippen LogP contribution in [0.4, 0.5) is 0 Å². The lowest BCUT2D eigenvalue weighted by atomic mass is 9.72. The van der Waals surface area contributed by atoms with Crippen LogP contribution in [0, 0.1) is 17.3 Å². The zero-order chi connectivity index (χ0) is 30.2. The minimum absolute atomic E-state index is 0.0832. The van der Waals surface area contributed by atoms with Crippen molar-refractivity contribution in [2.45, 2.75) is 118 Å². The summed E-state index contributed by atoms with van der Waals surface area (Å²) in [4.78, 5) is 0. The number of hydrogen-bond acceptors (Lipinski definition) is 7. The number of allylic oxidation sites excluding steroid dienone is 9. The molecular formula is C34H54O7. The summed E-state index contributed by atoms with van der Waals surface area (Å²) < 4.78 is 23.8. The minimum atomic E-state index is -0.874. The summed E-state index contributed by atoms with van der Waals surface area (Å²) in [7, 11) is 0. The van der Waals surface area contributed by atoms with Crippen LogP contribution in [0.1, 0.15) is 80.6 Å². The Bertz CT molecular complexity index is 991. The highest BCUT2D eigenvalue weighted by atomic mass is 16.7. The van der Waals surface area contributed by atoms with Crippen molar-refractivity contribution in [1.29, 1.82) is 0 Å². The Hall–Kier alpha value is -1.58. The van der Waals surface area contributed by atoms with Crippen molar-refractivity contribution in [3.63, 3.8) is 0 Å². The fourth-order valence-corrected chi connectivity index (χ4v) is 6.06. The first-order chi connectivity index (χ1) is 19.4. The van der Waals surface area contributed by atoms with Crippen molar-refractivity contribution >= 4 is 0 Å². The third kappa shape index (κ3) is 9.72. The molecule has 0 spiro atoms.